The Kier molecular flexibility index (Phi) is 7.50. The Hall–Kier alpha value is -2.12. The molecule has 0 spiro atoms. The van der Waals surface area contributed by atoms with Crippen LogP contribution in [0.3, 0.4) is 0 Å². The van der Waals surface area contributed by atoms with Crippen molar-refractivity contribution in [1.82, 2.24) is 0 Å². The summed E-state index contributed by atoms with van der Waals surface area (Å²) in [6.45, 7) is 0.772. The average Bonchev–Trinajstić information content (AvgIpc) is 3.19. The molecule has 0 amide bonds. The molecular weight excluding hydrogens is 379 g/mol. The minimum absolute atomic E-state index is 0.0587. The Morgan fingerprint density at radius 1 is 1.14 bits per heavy atom. The Labute approximate surface area is 170 Å². The fourth-order valence-corrected chi connectivity index (χ4v) is 4.63. The van der Waals surface area contributed by atoms with Crippen LogP contribution in [0.25, 0.3) is 0 Å². The van der Waals surface area contributed by atoms with Crippen LogP contribution in [0.4, 0.5) is 4.39 Å². The molecule has 160 valence electrons. The number of carboxylic acid groups (broad SMARTS) is 1. The van der Waals surface area contributed by atoms with E-state index < -0.39 is 12.1 Å². The minimum Gasteiger partial charge on any atom is -0.512 e. The van der Waals surface area contributed by atoms with E-state index in [0.717, 1.165) is 12.8 Å². The monoisotopic (exact) mass is 408 g/mol. The zero-order chi connectivity index (χ0) is 20.8. The number of carbonyl (C=O) groups is 1. The van der Waals surface area contributed by atoms with Crippen LogP contribution in [-0.2, 0) is 9.53 Å². The molecule has 2 saturated carbocycles. The molecule has 2 aliphatic carbocycles. The summed E-state index contributed by atoms with van der Waals surface area (Å²) in [7, 11) is 0. The molecular formula is C22H29FO6. The molecule has 3 N–H and O–H groups in total. The Morgan fingerprint density at radius 3 is 2.62 bits per heavy atom. The molecule has 0 aromatic heterocycles. The summed E-state index contributed by atoms with van der Waals surface area (Å²) >= 11 is 0. The average molecular weight is 408 g/mol. The third-order valence-electron chi connectivity index (χ3n) is 5.91. The minimum atomic E-state index is -0.821. The highest BCUT2D eigenvalue weighted by Crippen LogP contribution is 2.50. The number of aliphatic hydroxyl groups is 2. The summed E-state index contributed by atoms with van der Waals surface area (Å²) < 4.78 is 24.2. The van der Waals surface area contributed by atoms with Crippen LogP contribution < -0.4 is 4.74 Å². The van der Waals surface area contributed by atoms with Gasteiger partial charge in [0.25, 0.3) is 0 Å². The summed E-state index contributed by atoms with van der Waals surface area (Å²) in [5.41, 5.74) is 0. The van der Waals surface area contributed by atoms with Crippen molar-refractivity contribution < 1.29 is 34.0 Å². The van der Waals surface area contributed by atoms with E-state index >= 15 is 0 Å². The van der Waals surface area contributed by atoms with E-state index in [9.17, 15) is 19.4 Å². The van der Waals surface area contributed by atoms with Crippen LogP contribution in [0.5, 0.6) is 5.75 Å². The zero-order valence-corrected chi connectivity index (χ0v) is 16.4. The van der Waals surface area contributed by atoms with Crippen molar-refractivity contribution in [2.24, 2.45) is 17.8 Å². The third kappa shape index (κ3) is 5.93. The molecule has 3 rings (SSSR count). The number of hydrogen-bond acceptors (Lipinski definition) is 5. The van der Waals surface area contributed by atoms with Gasteiger partial charge in [-0.25, -0.2) is 4.39 Å². The summed E-state index contributed by atoms with van der Waals surface area (Å²) in [5, 5.41) is 29.6. The van der Waals surface area contributed by atoms with Gasteiger partial charge in [0.15, 0.2) is 0 Å². The van der Waals surface area contributed by atoms with E-state index in [1.54, 1.807) is 18.2 Å². The molecule has 6 nitrogen and oxygen atoms in total. The highest BCUT2D eigenvalue weighted by atomic mass is 19.1. The second-order valence-corrected chi connectivity index (χ2v) is 7.93. The lowest BCUT2D eigenvalue weighted by atomic mass is 9.89. The predicted molar refractivity (Wildman–Crippen MR) is 104 cm³/mol. The molecule has 0 aliphatic heterocycles. The fraction of sp³-hybridized carbons (Fsp3) is 0.591. The van der Waals surface area contributed by atoms with Gasteiger partial charge in [-0.15, -0.1) is 0 Å². The number of benzene rings is 1. The van der Waals surface area contributed by atoms with Gasteiger partial charge in [0.2, 0.25) is 0 Å². The predicted octanol–water partition coefficient (Wildman–Crippen LogP) is 3.69. The molecule has 0 unspecified atom stereocenters. The van der Waals surface area contributed by atoms with E-state index in [1.165, 1.54) is 12.1 Å². The summed E-state index contributed by atoms with van der Waals surface area (Å²) in [6, 6.07) is 5.77. The third-order valence-corrected chi connectivity index (χ3v) is 5.91. The molecule has 1 aromatic carbocycles. The first-order valence-corrected chi connectivity index (χ1v) is 10.2. The van der Waals surface area contributed by atoms with Crippen LogP contribution in [0.1, 0.15) is 38.5 Å². The molecule has 0 bridgehead atoms. The number of aliphatic carboxylic acids is 1. The second kappa shape index (κ2) is 10.1. The molecule has 0 saturated heterocycles. The topological polar surface area (TPSA) is 96.2 Å². The first-order chi connectivity index (χ1) is 13.9. The van der Waals surface area contributed by atoms with Gasteiger partial charge < -0.3 is 24.8 Å². The first kappa shape index (κ1) is 21.6. The molecule has 2 fully saturated rings. The number of fused-ring (bicyclic) bond motifs is 1. The van der Waals surface area contributed by atoms with E-state index in [-0.39, 0.29) is 35.9 Å². The van der Waals surface area contributed by atoms with Crippen LogP contribution in [0.15, 0.2) is 36.1 Å². The van der Waals surface area contributed by atoms with Crippen LogP contribution in [-0.4, -0.2) is 46.7 Å². The molecule has 5 atom stereocenters. The lowest BCUT2D eigenvalue weighted by Crippen LogP contribution is -2.23. The van der Waals surface area contributed by atoms with Crippen LogP contribution in [0, 0.1) is 23.6 Å². The number of aliphatic hydroxyl groups excluding tert-OH is 2. The van der Waals surface area contributed by atoms with Crippen molar-refractivity contribution in [2.75, 3.05) is 13.2 Å². The van der Waals surface area contributed by atoms with E-state index in [1.807, 2.05) is 0 Å². The SMILES string of the molecule is O=C(O)CCCO[C@H]1C[C@@H]2C[C@@H](O)[C@H](/C(O)=C\CCOc3ccc(F)cc3)[C@@H]2C1. The number of ether oxygens (including phenoxy) is 2. The van der Waals surface area contributed by atoms with Gasteiger partial charge in [0.1, 0.15) is 11.6 Å². The van der Waals surface area contributed by atoms with E-state index in [4.69, 9.17) is 14.6 Å². The van der Waals surface area contributed by atoms with Gasteiger partial charge >= 0.3 is 5.97 Å². The molecule has 2 aliphatic rings. The second-order valence-electron chi connectivity index (χ2n) is 7.93. The van der Waals surface area contributed by atoms with Crippen molar-refractivity contribution >= 4 is 5.97 Å². The number of carboxylic acids is 1. The lowest BCUT2D eigenvalue weighted by molar-refractivity contribution is -0.137. The summed E-state index contributed by atoms with van der Waals surface area (Å²) in [6.07, 6.45) is 4.52. The maximum absolute atomic E-state index is 12.9. The maximum Gasteiger partial charge on any atom is 0.303 e. The number of halogens is 1. The van der Waals surface area contributed by atoms with Crippen molar-refractivity contribution in [3.63, 3.8) is 0 Å². The number of rotatable bonds is 10. The smallest absolute Gasteiger partial charge is 0.303 e. The highest BCUT2D eigenvalue weighted by Gasteiger charge is 2.49. The zero-order valence-electron chi connectivity index (χ0n) is 16.4. The Morgan fingerprint density at radius 2 is 1.90 bits per heavy atom. The van der Waals surface area contributed by atoms with E-state index in [0.29, 0.717) is 44.1 Å². The quantitative estimate of drug-likeness (QED) is 0.404. The Balaban J connectivity index is 1.45. The van der Waals surface area contributed by atoms with Gasteiger partial charge in [0, 0.05) is 25.4 Å². The van der Waals surface area contributed by atoms with Crippen molar-refractivity contribution in [3.05, 3.63) is 41.9 Å². The lowest BCUT2D eigenvalue weighted by Gasteiger charge is -2.21. The van der Waals surface area contributed by atoms with Crippen molar-refractivity contribution in [3.8, 4) is 5.75 Å². The van der Waals surface area contributed by atoms with Gasteiger partial charge in [-0.2, -0.15) is 0 Å². The molecule has 0 radical (unpaired) electrons. The van der Waals surface area contributed by atoms with Gasteiger partial charge in [-0.3, -0.25) is 4.79 Å². The summed E-state index contributed by atoms with van der Waals surface area (Å²) in [5.74, 6) is -0.190. The largest absolute Gasteiger partial charge is 0.512 e. The fourth-order valence-electron chi connectivity index (χ4n) is 4.63. The molecule has 29 heavy (non-hydrogen) atoms. The first-order valence-electron chi connectivity index (χ1n) is 10.2. The normalized spacial score (nSPS) is 29.0. The van der Waals surface area contributed by atoms with Gasteiger partial charge in [-0.1, -0.05) is 0 Å². The van der Waals surface area contributed by atoms with Gasteiger partial charge in [0.05, 0.1) is 24.6 Å². The molecule has 0 heterocycles. The Bertz CT molecular complexity index is 704. The van der Waals surface area contributed by atoms with Crippen molar-refractivity contribution in [2.45, 2.75) is 50.7 Å². The highest BCUT2D eigenvalue weighted by molar-refractivity contribution is 5.66. The molecule has 7 heteroatoms. The van der Waals surface area contributed by atoms with Crippen LogP contribution >= 0.6 is 0 Å². The number of hydrogen-bond donors (Lipinski definition) is 3. The van der Waals surface area contributed by atoms with Gasteiger partial charge in [-0.05, 0) is 67.9 Å². The standard InChI is InChI=1S/C22H29FO6/c23-15-5-7-16(8-6-15)28-9-1-3-19(24)22-18-13-17(11-14(18)12-20(22)25)29-10-2-4-21(26)27/h3,5-8,14,17-18,20,22,24-25H,1-2,4,9-13H2,(H,26,27)/b19-3+/t14-,17+,18-,20-,22+/m1/s1. The van der Waals surface area contributed by atoms with E-state index in [2.05, 4.69) is 0 Å². The van der Waals surface area contributed by atoms with Crippen molar-refractivity contribution in [1.29, 1.82) is 0 Å². The maximum atomic E-state index is 12.9. The van der Waals surface area contributed by atoms with Crippen LogP contribution in [0.2, 0.25) is 0 Å². The molecule has 1 aromatic rings. The summed E-state index contributed by atoms with van der Waals surface area (Å²) in [4.78, 5) is 10.6.